The van der Waals surface area contributed by atoms with E-state index in [4.69, 9.17) is 5.11 Å². The molecule has 2 heterocycles. The SMILES string of the molecule is CCN(O)S(=O)(=O)c1ccc(-n2cc(C(=O)O)cn2)cn1. The van der Waals surface area contributed by atoms with Crippen LogP contribution in [0.2, 0.25) is 0 Å². The number of carboxylic acid groups (broad SMARTS) is 1. The summed E-state index contributed by atoms with van der Waals surface area (Å²) in [4.78, 5) is 14.5. The highest BCUT2D eigenvalue weighted by Crippen LogP contribution is 2.14. The summed E-state index contributed by atoms with van der Waals surface area (Å²) in [7, 11) is -4.04. The Bertz CT molecular complexity index is 753. The summed E-state index contributed by atoms with van der Waals surface area (Å²) in [6, 6.07) is 2.60. The molecule has 0 aliphatic rings. The third-order valence-corrected chi connectivity index (χ3v) is 4.21. The monoisotopic (exact) mass is 312 g/mol. The van der Waals surface area contributed by atoms with Crippen molar-refractivity contribution >= 4 is 16.0 Å². The Kier molecular flexibility index (Phi) is 4.02. The van der Waals surface area contributed by atoms with E-state index < -0.39 is 16.0 Å². The number of carboxylic acids is 1. The molecule has 0 bridgehead atoms. The van der Waals surface area contributed by atoms with Crippen LogP contribution in [-0.4, -0.2) is 50.5 Å². The first-order valence-corrected chi connectivity index (χ1v) is 7.26. The van der Waals surface area contributed by atoms with Gasteiger partial charge in [0.25, 0.3) is 10.0 Å². The number of carbonyl (C=O) groups is 1. The smallest absolute Gasteiger partial charge is 0.338 e. The van der Waals surface area contributed by atoms with E-state index in [-0.39, 0.29) is 21.6 Å². The Balaban J connectivity index is 2.32. The molecule has 0 aliphatic heterocycles. The molecule has 21 heavy (non-hydrogen) atoms. The molecule has 0 spiro atoms. The minimum absolute atomic E-state index is 0.000727. The zero-order chi connectivity index (χ0) is 15.6. The zero-order valence-electron chi connectivity index (χ0n) is 10.9. The van der Waals surface area contributed by atoms with Crippen molar-refractivity contribution in [2.75, 3.05) is 6.54 Å². The van der Waals surface area contributed by atoms with Crippen LogP contribution in [0.1, 0.15) is 17.3 Å². The molecule has 2 aromatic rings. The van der Waals surface area contributed by atoms with Gasteiger partial charge >= 0.3 is 5.97 Å². The Morgan fingerprint density at radius 2 is 2.10 bits per heavy atom. The number of aromatic carboxylic acids is 1. The largest absolute Gasteiger partial charge is 0.478 e. The number of rotatable bonds is 5. The third-order valence-electron chi connectivity index (χ3n) is 2.63. The fraction of sp³-hybridized carbons (Fsp3) is 0.182. The van der Waals surface area contributed by atoms with Crippen molar-refractivity contribution < 1.29 is 23.5 Å². The van der Waals surface area contributed by atoms with E-state index in [9.17, 15) is 18.4 Å². The molecule has 0 saturated heterocycles. The highest BCUT2D eigenvalue weighted by atomic mass is 32.2. The Morgan fingerprint density at radius 3 is 2.57 bits per heavy atom. The van der Waals surface area contributed by atoms with Crippen LogP contribution in [0.25, 0.3) is 5.69 Å². The predicted octanol–water partition coefficient (Wildman–Crippen LogP) is 0.365. The third kappa shape index (κ3) is 2.91. The number of hydrogen-bond donors (Lipinski definition) is 2. The second-order valence-electron chi connectivity index (χ2n) is 3.98. The summed E-state index contributed by atoms with van der Waals surface area (Å²) in [6.45, 7) is 1.37. The lowest BCUT2D eigenvalue weighted by atomic mass is 10.4. The van der Waals surface area contributed by atoms with Gasteiger partial charge in [0, 0.05) is 12.7 Å². The standard InChI is InChI=1S/C11H12N4O5S/c1-2-15(18)21(19,20)10-4-3-9(6-12-10)14-7-8(5-13-14)11(16)17/h3-7,18H,2H2,1H3,(H,16,17). The zero-order valence-corrected chi connectivity index (χ0v) is 11.7. The summed E-state index contributed by atoms with van der Waals surface area (Å²) < 4.78 is 25.1. The second-order valence-corrected chi connectivity index (χ2v) is 5.77. The van der Waals surface area contributed by atoms with E-state index in [0.29, 0.717) is 5.69 Å². The molecule has 0 fully saturated rings. The molecule has 9 nitrogen and oxygen atoms in total. The van der Waals surface area contributed by atoms with E-state index in [1.165, 1.54) is 42.3 Å². The van der Waals surface area contributed by atoms with Crippen molar-refractivity contribution in [2.45, 2.75) is 11.9 Å². The van der Waals surface area contributed by atoms with Crippen LogP contribution >= 0.6 is 0 Å². The number of hydroxylamine groups is 1. The highest BCUT2D eigenvalue weighted by molar-refractivity contribution is 7.88. The van der Waals surface area contributed by atoms with Gasteiger partial charge in [-0.3, -0.25) is 5.21 Å². The molecule has 10 heteroatoms. The molecule has 2 aromatic heterocycles. The Hall–Kier alpha value is -2.30. The molecule has 0 aliphatic carbocycles. The first-order valence-electron chi connectivity index (χ1n) is 5.82. The van der Waals surface area contributed by atoms with Crippen LogP contribution < -0.4 is 0 Å². The first-order chi connectivity index (χ1) is 9.86. The van der Waals surface area contributed by atoms with E-state index in [2.05, 4.69) is 10.1 Å². The fourth-order valence-electron chi connectivity index (χ4n) is 1.51. The van der Waals surface area contributed by atoms with Gasteiger partial charge in [-0.15, -0.1) is 0 Å². The van der Waals surface area contributed by atoms with E-state index >= 15 is 0 Å². The minimum atomic E-state index is -4.04. The first kappa shape index (κ1) is 15.1. The van der Waals surface area contributed by atoms with Gasteiger partial charge in [-0.2, -0.15) is 5.10 Å². The van der Waals surface area contributed by atoms with Crippen molar-refractivity contribution in [2.24, 2.45) is 0 Å². The Labute approximate surface area is 120 Å². The lowest BCUT2D eigenvalue weighted by molar-refractivity contribution is 0.00828. The molecular formula is C11H12N4O5S. The van der Waals surface area contributed by atoms with Gasteiger partial charge in [-0.25, -0.2) is 22.9 Å². The molecule has 0 unspecified atom stereocenters. The van der Waals surface area contributed by atoms with E-state index in [1.54, 1.807) is 0 Å². The van der Waals surface area contributed by atoms with Crippen LogP contribution in [0.4, 0.5) is 0 Å². The quantitative estimate of drug-likeness (QED) is 0.763. The molecule has 112 valence electrons. The van der Waals surface area contributed by atoms with Gasteiger partial charge in [0.05, 0.1) is 23.6 Å². The average molecular weight is 312 g/mol. The van der Waals surface area contributed by atoms with Crippen LogP contribution in [0, 0.1) is 0 Å². The molecule has 2 N–H and O–H groups in total. The molecule has 0 amide bonds. The number of aromatic nitrogens is 3. The normalized spacial score (nSPS) is 11.8. The van der Waals surface area contributed by atoms with Crippen molar-refractivity contribution in [1.82, 2.24) is 19.2 Å². The maximum atomic E-state index is 11.8. The number of sulfonamides is 1. The van der Waals surface area contributed by atoms with Gasteiger partial charge in [0.15, 0.2) is 5.03 Å². The summed E-state index contributed by atoms with van der Waals surface area (Å²) in [6.07, 6.45) is 3.66. The average Bonchev–Trinajstić information content (AvgIpc) is 2.96. The van der Waals surface area contributed by atoms with Gasteiger partial charge in [0.1, 0.15) is 0 Å². The summed E-state index contributed by atoms with van der Waals surface area (Å²) in [5.41, 5.74) is 0.390. The maximum Gasteiger partial charge on any atom is 0.338 e. The van der Waals surface area contributed by atoms with Gasteiger partial charge < -0.3 is 5.11 Å². The van der Waals surface area contributed by atoms with Crippen LogP contribution in [0.3, 0.4) is 0 Å². The van der Waals surface area contributed by atoms with Crippen molar-refractivity contribution in [3.8, 4) is 5.69 Å². The number of hydrogen-bond acceptors (Lipinski definition) is 6. The molecule has 0 radical (unpaired) electrons. The second kappa shape index (κ2) is 5.60. The molecule has 2 rings (SSSR count). The molecule has 0 aromatic carbocycles. The number of pyridine rings is 1. The lowest BCUT2D eigenvalue weighted by Gasteiger charge is -2.12. The molecule has 0 saturated carbocycles. The van der Waals surface area contributed by atoms with Crippen LogP contribution in [-0.2, 0) is 10.0 Å². The maximum absolute atomic E-state index is 11.8. The summed E-state index contributed by atoms with van der Waals surface area (Å²) >= 11 is 0. The lowest BCUT2D eigenvalue weighted by Crippen LogP contribution is -2.27. The molecular weight excluding hydrogens is 300 g/mol. The fourth-order valence-corrected chi connectivity index (χ4v) is 2.49. The van der Waals surface area contributed by atoms with Gasteiger partial charge in [0.2, 0.25) is 0 Å². The Morgan fingerprint density at radius 1 is 1.38 bits per heavy atom. The van der Waals surface area contributed by atoms with Crippen molar-refractivity contribution in [1.29, 1.82) is 0 Å². The minimum Gasteiger partial charge on any atom is -0.478 e. The van der Waals surface area contributed by atoms with Gasteiger partial charge in [-0.1, -0.05) is 4.47 Å². The summed E-state index contributed by atoms with van der Waals surface area (Å²) in [5, 5.41) is 21.6. The highest BCUT2D eigenvalue weighted by Gasteiger charge is 2.22. The van der Waals surface area contributed by atoms with E-state index in [1.807, 2.05) is 0 Å². The summed E-state index contributed by atoms with van der Waals surface area (Å²) in [5.74, 6) is -1.12. The topological polar surface area (TPSA) is 126 Å². The van der Waals surface area contributed by atoms with Crippen molar-refractivity contribution in [3.63, 3.8) is 0 Å². The number of nitrogens with zero attached hydrogens (tertiary/aromatic N) is 4. The predicted molar refractivity (Wildman–Crippen MR) is 69.7 cm³/mol. The van der Waals surface area contributed by atoms with E-state index in [0.717, 1.165) is 0 Å². The van der Waals surface area contributed by atoms with Crippen molar-refractivity contribution in [3.05, 3.63) is 36.3 Å². The van der Waals surface area contributed by atoms with Crippen LogP contribution in [0.5, 0.6) is 0 Å². The molecule has 0 atom stereocenters. The van der Waals surface area contributed by atoms with Gasteiger partial charge in [-0.05, 0) is 19.1 Å². The van der Waals surface area contributed by atoms with Crippen LogP contribution in [0.15, 0.2) is 35.7 Å².